The van der Waals surface area contributed by atoms with Crippen molar-refractivity contribution in [3.8, 4) is 0 Å². The number of nitrogens with one attached hydrogen (secondary N) is 3. The van der Waals surface area contributed by atoms with E-state index in [1.54, 1.807) is 10.9 Å². The molecular weight excluding hydrogens is 598 g/mol. The molecular formula is C27H47N7O9S. The van der Waals surface area contributed by atoms with Gasteiger partial charge in [0.05, 0.1) is 90.4 Å². The second-order valence-corrected chi connectivity index (χ2v) is 11.7. The van der Waals surface area contributed by atoms with Crippen molar-refractivity contribution >= 4 is 29.7 Å². The number of urea groups is 1. The van der Waals surface area contributed by atoms with Gasteiger partial charge in [-0.05, 0) is 12.8 Å². The summed E-state index contributed by atoms with van der Waals surface area (Å²) >= 11 is 1.90. The van der Waals surface area contributed by atoms with Crippen LogP contribution in [0.25, 0.3) is 0 Å². The maximum Gasteiger partial charge on any atom is 0.320 e. The number of unbranched alkanes of at least 4 members (excludes halogenated alkanes) is 1. The van der Waals surface area contributed by atoms with Crippen LogP contribution in [0.1, 0.15) is 31.4 Å². The van der Waals surface area contributed by atoms with Gasteiger partial charge in [0.15, 0.2) is 0 Å². The average Bonchev–Trinajstić information content (AvgIpc) is 3.70. The number of aliphatic carboxylic acids is 1. The molecule has 4 atom stereocenters. The fourth-order valence-electron chi connectivity index (χ4n) is 4.62. The summed E-state index contributed by atoms with van der Waals surface area (Å²) in [5.74, 6) is -0.0850. The van der Waals surface area contributed by atoms with Gasteiger partial charge in [-0.25, -0.2) is 9.48 Å². The summed E-state index contributed by atoms with van der Waals surface area (Å²) in [4.78, 5) is 34.2. The van der Waals surface area contributed by atoms with Crippen molar-refractivity contribution in [1.29, 1.82) is 0 Å². The van der Waals surface area contributed by atoms with Gasteiger partial charge in [0.2, 0.25) is 5.91 Å². The first kappa shape index (κ1) is 35.9. The van der Waals surface area contributed by atoms with E-state index in [1.165, 1.54) is 0 Å². The topological polar surface area (TPSA) is 210 Å². The molecule has 250 valence electrons. The summed E-state index contributed by atoms with van der Waals surface area (Å²) in [6.45, 7) is 5.41. The number of carbonyl (C=O) groups is 3. The van der Waals surface area contributed by atoms with Crippen LogP contribution in [0.4, 0.5) is 4.79 Å². The Kier molecular flexibility index (Phi) is 17.3. The number of thioether (sulfide) groups is 1. The number of rotatable bonds is 26. The van der Waals surface area contributed by atoms with Crippen molar-refractivity contribution in [3.63, 3.8) is 0 Å². The number of amides is 3. The third kappa shape index (κ3) is 14.5. The first-order valence-electron chi connectivity index (χ1n) is 15.1. The Morgan fingerprint density at radius 2 is 1.64 bits per heavy atom. The molecule has 3 amide bonds. The second kappa shape index (κ2) is 21.2. The minimum Gasteiger partial charge on any atom is -0.480 e. The van der Waals surface area contributed by atoms with E-state index in [0.717, 1.165) is 25.0 Å². The quantitative estimate of drug-likeness (QED) is 0.0615. The molecule has 6 N–H and O–H groups in total. The lowest BCUT2D eigenvalue weighted by molar-refractivity contribution is -0.138. The Balaban J connectivity index is 0.988. The highest BCUT2D eigenvalue weighted by molar-refractivity contribution is 8.00. The Morgan fingerprint density at radius 3 is 2.30 bits per heavy atom. The molecule has 2 aliphatic rings. The SMILES string of the molecule is NC(Cc1cn(CCOCCOCCOCCOCCOCCNC(=O)CCCC[C@@H]2SC[C@@H]3NC(=O)N[C@@H]32)nn1)C(=O)O. The number of ether oxygens (including phenoxy) is 5. The molecule has 0 bridgehead atoms. The monoisotopic (exact) mass is 645 g/mol. The largest absolute Gasteiger partial charge is 0.480 e. The fraction of sp³-hybridized carbons (Fsp3) is 0.815. The van der Waals surface area contributed by atoms with Gasteiger partial charge in [-0.3, -0.25) is 9.59 Å². The molecule has 16 nitrogen and oxygen atoms in total. The Hall–Kier alpha value is -2.54. The highest BCUT2D eigenvalue weighted by Gasteiger charge is 2.42. The van der Waals surface area contributed by atoms with Crippen LogP contribution in [0, 0.1) is 0 Å². The number of carbonyl (C=O) groups excluding carboxylic acids is 2. The Labute approximate surface area is 261 Å². The van der Waals surface area contributed by atoms with Gasteiger partial charge >= 0.3 is 12.0 Å². The van der Waals surface area contributed by atoms with Crippen LogP contribution in [-0.2, 0) is 46.2 Å². The van der Waals surface area contributed by atoms with Crippen LogP contribution < -0.4 is 21.7 Å². The number of carboxylic acid groups (broad SMARTS) is 1. The van der Waals surface area contributed by atoms with Crippen LogP contribution in [0.3, 0.4) is 0 Å². The normalized spacial score (nSPS) is 19.8. The molecule has 3 heterocycles. The molecule has 17 heteroatoms. The van der Waals surface area contributed by atoms with E-state index in [2.05, 4.69) is 26.3 Å². The van der Waals surface area contributed by atoms with Gasteiger partial charge in [0, 0.05) is 36.6 Å². The van der Waals surface area contributed by atoms with Crippen LogP contribution in [0.2, 0.25) is 0 Å². The third-order valence-electron chi connectivity index (χ3n) is 6.93. The van der Waals surface area contributed by atoms with Gasteiger partial charge in [-0.1, -0.05) is 11.6 Å². The van der Waals surface area contributed by atoms with E-state index in [-0.39, 0.29) is 30.4 Å². The Morgan fingerprint density at radius 1 is 1.00 bits per heavy atom. The van der Waals surface area contributed by atoms with Crippen molar-refractivity contribution in [2.45, 2.75) is 62.0 Å². The molecule has 2 fully saturated rings. The molecule has 0 radical (unpaired) electrons. The third-order valence-corrected chi connectivity index (χ3v) is 8.44. The predicted molar refractivity (Wildman–Crippen MR) is 160 cm³/mol. The average molecular weight is 646 g/mol. The lowest BCUT2D eigenvalue weighted by Crippen LogP contribution is -2.36. The second-order valence-electron chi connectivity index (χ2n) is 10.4. The van der Waals surface area contributed by atoms with Gasteiger partial charge < -0.3 is 50.5 Å². The summed E-state index contributed by atoms with van der Waals surface area (Å²) in [6, 6.07) is -0.603. The van der Waals surface area contributed by atoms with E-state index in [4.69, 9.17) is 34.5 Å². The van der Waals surface area contributed by atoms with Gasteiger partial charge in [0.25, 0.3) is 0 Å². The first-order valence-corrected chi connectivity index (χ1v) is 16.2. The number of hydrogen-bond donors (Lipinski definition) is 5. The summed E-state index contributed by atoms with van der Waals surface area (Å²) in [5.41, 5.74) is 6.01. The predicted octanol–water partition coefficient (Wildman–Crippen LogP) is -0.842. The maximum absolute atomic E-state index is 12.0. The fourth-order valence-corrected chi connectivity index (χ4v) is 6.16. The van der Waals surface area contributed by atoms with Crippen molar-refractivity contribution in [2.75, 3.05) is 78.4 Å². The van der Waals surface area contributed by atoms with Crippen LogP contribution >= 0.6 is 11.8 Å². The van der Waals surface area contributed by atoms with Gasteiger partial charge in [-0.15, -0.1) is 5.10 Å². The lowest BCUT2D eigenvalue weighted by Gasteiger charge is -2.16. The van der Waals surface area contributed by atoms with E-state index in [1.807, 2.05) is 11.8 Å². The molecule has 3 rings (SSSR count). The van der Waals surface area contributed by atoms with E-state index in [9.17, 15) is 14.4 Å². The lowest BCUT2D eigenvalue weighted by atomic mass is 10.0. The van der Waals surface area contributed by atoms with Crippen molar-refractivity contribution < 1.29 is 43.2 Å². The Bertz CT molecular complexity index is 989. The zero-order chi connectivity index (χ0) is 31.4. The molecule has 0 aliphatic carbocycles. The van der Waals surface area contributed by atoms with Crippen molar-refractivity contribution in [3.05, 3.63) is 11.9 Å². The molecule has 1 aromatic rings. The molecule has 1 unspecified atom stereocenters. The summed E-state index contributed by atoms with van der Waals surface area (Å²) in [6.07, 6.45) is 5.09. The minimum atomic E-state index is -1.07. The summed E-state index contributed by atoms with van der Waals surface area (Å²) in [7, 11) is 0. The van der Waals surface area contributed by atoms with E-state index in [0.29, 0.717) is 96.5 Å². The number of aromatic nitrogens is 3. The van der Waals surface area contributed by atoms with E-state index >= 15 is 0 Å². The summed E-state index contributed by atoms with van der Waals surface area (Å²) < 4.78 is 29.0. The zero-order valence-corrected chi connectivity index (χ0v) is 26.0. The number of carboxylic acids is 1. The number of nitrogens with zero attached hydrogens (tertiary/aromatic N) is 3. The summed E-state index contributed by atoms with van der Waals surface area (Å²) in [5, 5.41) is 25.9. The van der Waals surface area contributed by atoms with Crippen molar-refractivity contribution in [2.24, 2.45) is 5.73 Å². The van der Waals surface area contributed by atoms with Crippen LogP contribution in [0.5, 0.6) is 0 Å². The molecule has 2 saturated heterocycles. The highest BCUT2D eigenvalue weighted by atomic mass is 32.2. The first-order chi connectivity index (χ1) is 21.4. The maximum atomic E-state index is 12.0. The highest BCUT2D eigenvalue weighted by Crippen LogP contribution is 2.33. The standard InChI is InChI=1S/C27H47N7O9S/c28-21(26(36)37)17-20-18-34(33-32-20)6-8-40-10-12-42-14-16-43-15-13-41-11-9-39-7-5-29-24(35)4-2-1-3-23-25-22(19-44-23)30-27(38)31-25/h18,21-23,25H,1-17,19,28H2,(H,29,35)(H,36,37)(H2,30,31,38)/t21?,22-,23-,25-/m0/s1. The molecule has 0 aromatic carbocycles. The number of fused-ring (bicyclic) bond motifs is 1. The molecule has 0 saturated carbocycles. The van der Waals surface area contributed by atoms with Gasteiger partial charge in [-0.2, -0.15) is 11.8 Å². The molecule has 0 spiro atoms. The minimum absolute atomic E-state index is 0.0340. The van der Waals surface area contributed by atoms with Crippen LogP contribution in [0.15, 0.2) is 6.20 Å². The van der Waals surface area contributed by atoms with Gasteiger partial charge in [0.1, 0.15) is 6.04 Å². The van der Waals surface area contributed by atoms with E-state index < -0.39 is 12.0 Å². The van der Waals surface area contributed by atoms with Crippen molar-refractivity contribution in [1.82, 2.24) is 30.9 Å². The molecule has 2 aliphatic heterocycles. The molecule has 44 heavy (non-hydrogen) atoms. The molecule has 1 aromatic heterocycles. The number of hydrogen-bond acceptors (Lipinski definition) is 12. The number of nitrogens with two attached hydrogens (primary N) is 1. The smallest absolute Gasteiger partial charge is 0.320 e. The zero-order valence-electron chi connectivity index (χ0n) is 25.2. The van der Waals surface area contributed by atoms with Crippen LogP contribution in [-0.4, -0.2) is 140 Å².